The van der Waals surface area contributed by atoms with Crippen LogP contribution in [0.3, 0.4) is 0 Å². The Balaban J connectivity index is 1.48. The van der Waals surface area contributed by atoms with Crippen LogP contribution < -0.4 is 10.6 Å². The lowest BCUT2D eigenvalue weighted by Crippen LogP contribution is -2.47. The Morgan fingerprint density at radius 1 is 1.17 bits per heavy atom. The van der Waals surface area contributed by atoms with Crippen LogP contribution in [0.1, 0.15) is 23.2 Å². The molecule has 6 nitrogen and oxygen atoms in total. The Morgan fingerprint density at radius 2 is 1.92 bits per heavy atom. The first-order chi connectivity index (χ1) is 11.6. The van der Waals surface area contributed by atoms with Crippen molar-refractivity contribution in [2.24, 2.45) is 0 Å². The number of piperidine rings is 1. The molecule has 1 fully saturated rings. The largest absolute Gasteiger partial charge is 0.472 e. The van der Waals surface area contributed by atoms with E-state index in [4.69, 9.17) is 4.42 Å². The molecule has 1 aromatic carbocycles. The maximum Gasteiger partial charge on any atom is 0.319 e. The molecular weight excluding hydrogens is 313 g/mol. The molecule has 3 amide bonds. The zero-order chi connectivity index (χ0) is 16.9. The van der Waals surface area contributed by atoms with Crippen LogP contribution >= 0.6 is 0 Å². The number of urea groups is 1. The lowest BCUT2D eigenvalue weighted by molar-refractivity contribution is 0.0708. The van der Waals surface area contributed by atoms with Gasteiger partial charge in [0.25, 0.3) is 5.91 Å². The Kier molecular flexibility index (Phi) is 4.79. The minimum atomic E-state index is -0.479. The molecule has 2 heterocycles. The minimum Gasteiger partial charge on any atom is -0.472 e. The second kappa shape index (κ2) is 7.16. The third-order valence-corrected chi connectivity index (χ3v) is 4.01. The van der Waals surface area contributed by atoms with E-state index in [-0.39, 0.29) is 17.6 Å². The van der Waals surface area contributed by atoms with Gasteiger partial charge in [-0.15, -0.1) is 0 Å². The highest BCUT2D eigenvalue weighted by Gasteiger charge is 2.25. The van der Waals surface area contributed by atoms with Gasteiger partial charge in [-0.2, -0.15) is 0 Å². The lowest BCUT2D eigenvalue weighted by Gasteiger charge is -2.32. The smallest absolute Gasteiger partial charge is 0.319 e. The number of rotatable bonds is 3. The van der Waals surface area contributed by atoms with Gasteiger partial charge in [-0.1, -0.05) is 12.1 Å². The van der Waals surface area contributed by atoms with Crippen LogP contribution in [0, 0.1) is 5.82 Å². The Labute approximate surface area is 138 Å². The summed E-state index contributed by atoms with van der Waals surface area (Å²) >= 11 is 0. The van der Waals surface area contributed by atoms with E-state index in [1.54, 1.807) is 23.1 Å². The van der Waals surface area contributed by atoms with E-state index in [1.165, 1.54) is 24.7 Å². The summed E-state index contributed by atoms with van der Waals surface area (Å²) in [7, 11) is 0. The monoisotopic (exact) mass is 331 g/mol. The number of furan rings is 1. The molecule has 2 aromatic rings. The molecule has 126 valence electrons. The van der Waals surface area contributed by atoms with E-state index in [0.29, 0.717) is 31.5 Å². The molecule has 3 rings (SSSR count). The maximum atomic E-state index is 13.5. The fraction of sp³-hybridized carbons (Fsp3) is 0.294. The summed E-state index contributed by atoms with van der Waals surface area (Å²) in [5, 5.41) is 5.31. The number of carbonyl (C=O) groups excluding carboxylic acids is 2. The van der Waals surface area contributed by atoms with Crippen molar-refractivity contribution >= 4 is 17.6 Å². The van der Waals surface area contributed by atoms with Crippen molar-refractivity contribution < 1.29 is 18.4 Å². The molecule has 0 spiro atoms. The first kappa shape index (κ1) is 16.0. The van der Waals surface area contributed by atoms with Crippen LogP contribution in [0.15, 0.2) is 47.3 Å². The fourth-order valence-corrected chi connectivity index (χ4v) is 2.70. The van der Waals surface area contributed by atoms with E-state index in [1.807, 2.05) is 0 Å². The van der Waals surface area contributed by atoms with Crippen LogP contribution in [-0.2, 0) is 0 Å². The highest BCUT2D eigenvalue weighted by molar-refractivity contribution is 5.94. The minimum absolute atomic E-state index is 0.0508. The standard InChI is InChI=1S/C17H18FN3O3/c18-14-3-1-2-4-15(14)20-17(23)19-13-5-8-21(9-6-13)16(22)12-7-10-24-11-12/h1-4,7,10-11,13H,5-6,8-9H2,(H2,19,20,23). The molecule has 0 radical (unpaired) electrons. The van der Waals surface area contributed by atoms with Crippen LogP contribution in [0.4, 0.5) is 14.9 Å². The Bertz CT molecular complexity index is 710. The predicted molar refractivity (Wildman–Crippen MR) is 86.2 cm³/mol. The molecule has 0 atom stereocenters. The van der Waals surface area contributed by atoms with Crippen LogP contribution in [-0.4, -0.2) is 36.0 Å². The number of anilines is 1. The number of amides is 3. The third kappa shape index (κ3) is 3.73. The number of halogens is 1. The highest BCUT2D eigenvalue weighted by atomic mass is 19.1. The van der Waals surface area contributed by atoms with Gasteiger partial charge in [-0.25, -0.2) is 9.18 Å². The van der Waals surface area contributed by atoms with Gasteiger partial charge in [0, 0.05) is 19.1 Å². The van der Waals surface area contributed by atoms with E-state index in [0.717, 1.165) is 0 Å². The fourth-order valence-electron chi connectivity index (χ4n) is 2.70. The van der Waals surface area contributed by atoms with Crippen LogP contribution in [0.2, 0.25) is 0 Å². The van der Waals surface area contributed by atoms with Crippen molar-refractivity contribution in [2.45, 2.75) is 18.9 Å². The number of carbonyl (C=O) groups is 2. The van der Waals surface area contributed by atoms with Gasteiger partial charge in [0.2, 0.25) is 0 Å². The summed E-state index contributed by atoms with van der Waals surface area (Å²) in [6, 6.07) is 7.14. The maximum absolute atomic E-state index is 13.5. The summed E-state index contributed by atoms with van der Waals surface area (Å²) in [6.45, 7) is 1.10. The van der Waals surface area contributed by atoms with Crippen molar-refractivity contribution in [1.82, 2.24) is 10.2 Å². The molecule has 7 heteroatoms. The summed E-state index contributed by atoms with van der Waals surface area (Å²) < 4.78 is 18.4. The van der Waals surface area contributed by atoms with E-state index in [9.17, 15) is 14.0 Å². The van der Waals surface area contributed by atoms with Crippen molar-refractivity contribution in [1.29, 1.82) is 0 Å². The predicted octanol–water partition coefficient (Wildman–Crippen LogP) is 2.85. The summed E-state index contributed by atoms with van der Waals surface area (Å²) in [6.07, 6.45) is 4.19. The quantitative estimate of drug-likeness (QED) is 0.908. The number of benzene rings is 1. The zero-order valence-electron chi connectivity index (χ0n) is 13.0. The first-order valence-electron chi connectivity index (χ1n) is 7.77. The molecule has 24 heavy (non-hydrogen) atoms. The van der Waals surface area contributed by atoms with Crippen molar-refractivity contribution in [3.63, 3.8) is 0 Å². The summed E-state index contributed by atoms with van der Waals surface area (Å²) in [4.78, 5) is 25.9. The van der Waals surface area contributed by atoms with Crippen LogP contribution in [0.25, 0.3) is 0 Å². The number of nitrogens with zero attached hydrogens (tertiary/aromatic N) is 1. The number of hydrogen-bond acceptors (Lipinski definition) is 3. The number of para-hydroxylation sites is 1. The molecule has 0 unspecified atom stereocenters. The molecule has 1 aromatic heterocycles. The van der Waals surface area contributed by atoms with Gasteiger partial charge >= 0.3 is 6.03 Å². The van der Waals surface area contributed by atoms with Gasteiger partial charge < -0.3 is 20.0 Å². The van der Waals surface area contributed by atoms with E-state index in [2.05, 4.69) is 10.6 Å². The van der Waals surface area contributed by atoms with E-state index >= 15 is 0 Å². The molecular formula is C17H18FN3O3. The molecule has 0 aliphatic carbocycles. The summed E-state index contributed by atoms with van der Waals surface area (Å²) in [5.74, 6) is -0.550. The molecule has 0 bridgehead atoms. The van der Waals surface area contributed by atoms with Gasteiger partial charge in [0.05, 0.1) is 17.5 Å². The molecule has 2 N–H and O–H groups in total. The Morgan fingerprint density at radius 3 is 2.58 bits per heavy atom. The van der Waals surface area contributed by atoms with Crippen molar-refractivity contribution in [3.8, 4) is 0 Å². The molecule has 1 aliphatic heterocycles. The first-order valence-corrected chi connectivity index (χ1v) is 7.77. The molecule has 0 saturated carbocycles. The second-order valence-electron chi connectivity index (χ2n) is 5.66. The third-order valence-electron chi connectivity index (χ3n) is 4.01. The number of nitrogens with one attached hydrogen (secondary N) is 2. The van der Waals surface area contributed by atoms with Gasteiger partial charge in [-0.05, 0) is 31.0 Å². The SMILES string of the molecule is O=C(Nc1ccccc1F)NC1CCN(C(=O)c2ccoc2)CC1. The second-order valence-corrected chi connectivity index (χ2v) is 5.66. The lowest BCUT2D eigenvalue weighted by atomic mass is 10.0. The van der Waals surface area contributed by atoms with Crippen molar-refractivity contribution in [2.75, 3.05) is 18.4 Å². The van der Waals surface area contributed by atoms with E-state index < -0.39 is 11.8 Å². The zero-order valence-corrected chi connectivity index (χ0v) is 13.0. The molecule has 1 aliphatic rings. The van der Waals surface area contributed by atoms with Gasteiger partial charge in [0.1, 0.15) is 12.1 Å². The van der Waals surface area contributed by atoms with Gasteiger partial charge in [-0.3, -0.25) is 4.79 Å². The number of hydrogen-bond donors (Lipinski definition) is 2. The highest BCUT2D eigenvalue weighted by Crippen LogP contribution is 2.15. The Hall–Kier alpha value is -2.83. The summed E-state index contributed by atoms with van der Waals surface area (Å²) in [5.41, 5.74) is 0.668. The molecule has 1 saturated heterocycles. The van der Waals surface area contributed by atoms with Crippen molar-refractivity contribution in [3.05, 3.63) is 54.2 Å². The average Bonchev–Trinajstić information content (AvgIpc) is 3.11. The number of likely N-dealkylation sites (tertiary alicyclic amines) is 1. The topological polar surface area (TPSA) is 74.6 Å². The van der Waals surface area contributed by atoms with Gasteiger partial charge in [0.15, 0.2) is 0 Å². The van der Waals surface area contributed by atoms with Crippen LogP contribution in [0.5, 0.6) is 0 Å². The average molecular weight is 331 g/mol. The normalized spacial score (nSPS) is 15.1.